The summed E-state index contributed by atoms with van der Waals surface area (Å²) in [5.74, 6) is 0.343. The highest BCUT2D eigenvalue weighted by Crippen LogP contribution is 2.13. The number of rotatable bonds is 4. The molecule has 1 heterocycles. The Bertz CT molecular complexity index is 221. The molecule has 0 amide bonds. The first kappa shape index (κ1) is 12.3. The van der Waals surface area contributed by atoms with Gasteiger partial charge in [0.15, 0.2) is 0 Å². The topological polar surface area (TPSA) is 79.9 Å². The first-order chi connectivity index (χ1) is 7.13. The molecule has 1 aliphatic rings. The van der Waals surface area contributed by atoms with Crippen molar-refractivity contribution in [2.75, 3.05) is 13.2 Å². The zero-order chi connectivity index (χ0) is 11.3. The third-order valence-electron chi connectivity index (χ3n) is 2.82. The number of hydrogen-bond donors (Lipinski definition) is 3. The Balaban J connectivity index is 2.24. The van der Waals surface area contributed by atoms with Crippen LogP contribution in [0.4, 0.5) is 0 Å². The van der Waals surface area contributed by atoms with E-state index in [1.54, 1.807) is 0 Å². The average Bonchev–Trinajstić information content (AvgIpc) is 2.25. The fourth-order valence-corrected chi connectivity index (χ4v) is 1.73. The van der Waals surface area contributed by atoms with Gasteiger partial charge in [-0.05, 0) is 19.8 Å². The lowest BCUT2D eigenvalue weighted by atomic mass is 10.0. The van der Waals surface area contributed by atoms with E-state index in [1.807, 2.05) is 6.92 Å². The SMILES string of the molecule is CC1CC(NCC(C)C(N)=NO)CCO1. The number of amidine groups is 1. The largest absolute Gasteiger partial charge is 0.409 e. The fraction of sp³-hybridized carbons (Fsp3) is 0.900. The number of ether oxygens (including phenoxy) is 1. The van der Waals surface area contributed by atoms with Crippen molar-refractivity contribution in [1.82, 2.24) is 5.32 Å². The molecule has 15 heavy (non-hydrogen) atoms. The van der Waals surface area contributed by atoms with Crippen LogP contribution in [-0.2, 0) is 4.74 Å². The van der Waals surface area contributed by atoms with Crippen LogP contribution in [0.15, 0.2) is 5.16 Å². The number of oxime groups is 1. The molecular weight excluding hydrogens is 194 g/mol. The van der Waals surface area contributed by atoms with E-state index in [2.05, 4.69) is 17.4 Å². The van der Waals surface area contributed by atoms with Gasteiger partial charge in [-0.15, -0.1) is 0 Å². The molecule has 0 aliphatic carbocycles. The quantitative estimate of drug-likeness (QED) is 0.276. The second kappa shape index (κ2) is 5.92. The van der Waals surface area contributed by atoms with Crippen LogP contribution in [0.1, 0.15) is 26.7 Å². The van der Waals surface area contributed by atoms with Crippen molar-refractivity contribution in [1.29, 1.82) is 0 Å². The molecule has 0 aromatic rings. The molecule has 0 saturated carbocycles. The van der Waals surface area contributed by atoms with Gasteiger partial charge >= 0.3 is 0 Å². The summed E-state index contributed by atoms with van der Waals surface area (Å²) in [5, 5.41) is 14.9. The van der Waals surface area contributed by atoms with Crippen LogP contribution in [-0.4, -0.2) is 36.3 Å². The normalized spacial score (nSPS) is 30.1. The predicted octanol–water partition coefficient (Wildman–Crippen LogP) is 0.526. The summed E-state index contributed by atoms with van der Waals surface area (Å²) in [4.78, 5) is 0. The molecule has 0 spiro atoms. The second-order valence-corrected chi connectivity index (χ2v) is 4.24. The van der Waals surface area contributed by atoms with Crippen molar-refractivity contribution in [2.24, 2.45) is 16.8 Å². The molecule has 1 fully saturated rings. The van der Waals surface area contributed by atoms with Crippen LogP contribution >= 0.6 is 0 Å². The van der Waals surface area contributed by atoms with Gasteiger partial charge in [-0.25, -0.2) is 0 Å². The lowest BCUT2D eigenvalue weighted by Crippen LogP contribution is -2.42. The van der Waals surface area contributed by atoms with Crippen LogP contribution in [0.25, 0.3) is 0 Å². The summed E-state index contributed by atoms with van der Waals surface area (Å²) in [7, 11) is 0. The average molecular weight is 215 g/mol. The van der Waals surface area contributed by atoms with Crippen molar-refractivity contribution in [3.63, 3.8) is 0 Å². The van der Waals surface area contributed by atoms with Gasteiger partial charge in [0, 0.05) is 25.1 Å². The van der Waals surface area contributed by atoms with E-state index >= 15 is 0 Å². The molecule has 88 valence electrons. The molecule has 0 radical (unpaired) electrons. The monoisotopic (exact) mass is 215 g/mol. The van der Waals surface area contributed by atoms with Gasteiger partial charge in [0.25, 0.3) is 0 Å². The highest BCUT2D eigenvalue weighted by molar-refractivity contribution is 5.82. The van der Waals surface area contributed by atoms with Crippen LogP contribution in [0.5, 0.6) is 0 Å². The van der Waals surface area contributed by atoms with Crippen LogP contribution < -0.4 is 11.1 Å². The maximum Gasteiger partial charge on any atom is 0.143 e. The van der Waals surface area contributed by atoms with Gasteiger partial charge in [-0.3, -0.25) is 0 Å². The Morgan fingerprint density at radius 2 is 2.47 bits per heavy atom. The summed E-state index contributed by atoms with van der Waals surface area (Å²) in [5.41, 5.74) is 5.49. The Morgan fingerprint density at radius 3 is 3.07 bits per heavy atom. The molecular formula is C10H21N3O2. The van der Waals surface area contributed by atoms with E-state index in [4.69, 9.17) is 15.7 Å². The van der Waals surface area contributed by atoms with Gasteiger partial charge in [0.1, 0.15) is 5.84 Å². The van der Waals surface area contributed by atoms with Gasteiger partial charge in [-0.1, -0.05) is 12.1 Å². The van der Waals surface area contributed by atoms with Gasteiger partial charge < -0.3 is 21.0 Å². The second-order valence-electron chi connectivity index (χ2n) is 4.24. The van der Waals surface area contributed by atoms with Crippen LogP contribution in [0.2, 0.25) is 0 Å². The first-order valence-corrected chi connectivity index (χ1v) is 5.46. The zero-order valence-electron chi connectivity index (χ0n) is 9.44. The van der Waals surface area contributed by atoms with E-state index in [9.17, 15) is 0 Å². The number of nitrogens with zero attached hydrogens (tertiary/aromatic N) is 1. The summed E-state index contributed by atoms with van der Waals surface area (Å²) in [6.07, 6.45) is 2.39. The van der Waals surface area contributed by atoms with Crippen LogP contribution in [0.3, 0.4) is 0 Å². The molecule has 5 heteroatoms. The van der Waals surface area contributed by atoms with Crippen molar-refractivity contribution in [2.45, 2.75) is 38.8 Å². The Hall–Kier alpha value is -0.810. The van der Waals surface area contributed by atoms with E-state index in [1.165, 1.54) is 0 Å². The van der Waals surface area contributed by atoms with E-state index in [0.717, 1.165) is 26.0 Å². The highest BCUT2D eigenvalue weighted by atomic mass is 16.5. The molecule has 1 rings (SSSR count). The number of nitrogens with two attached hydrogens (primary N) is 1. The minimum Gasteiger partial charge on any atom is -0.409 e. The molecule has 4 N–H and O–H groups in total. The van der Waals surface area contributed by atoms with Crippen molar-refractivity contribution >= 4 is 5.84 Å². The fourth-order valence-electron chi connectivity index (χ4n) is 1.73. The Kier molecular flexibility index (Phi) is 4.84. The Morgan fingerprint density at radius 1 is 1.73 bits per heavy atom. The lowest BCUT2D eigenvalue weighted by molar-refractivity contribution is 0.0131. The summed E-state index contributed by atoms with van der Waals surface area (Å²) in [6, 6.07) is 0.489. The van der Waals surface area contributed by atoms with Gasteiger partial charge in [0.2, 0.25) is 0 Å². The van der Waals surface area contributed by atoms with Gasteiger partial charge in [-0.2, -0.15) is 0 Å². The summed E-state index contributed by atoms with van der Waals surface area (Å²) >= 11 is 0. The molecule has 3 atom stereocenters. The van der Waals surface area contributed by atoms with E-state index in [0.29, 0.717) is 12.1 Å². The molecule has 0 aromatic carbocycles. The summed E-state index contributed by atoms with van der Waals surface area (Å²) in [6.45, 7) is 5.58. The van der Waals surface area contributed by atoms with Gasteiger partial charge in [0.05, 0.1) is 6.10 Å². The first-order valence-electron chi connectivity index (χ1n) is 5.46. The Labute approximate surface area is 90.7 Å². The van der Waals surface area contributed by atoms with E-state index < -0.39 is 0 Å². The maximum atomic E-state index is 8.50. The molecule has 1 saturated heterocycles. The smallest absolute Gasteiger partial charge is 0.143 e. The van der Waals surface area contributed by atoms with Crippen molar-refractivity contribution in [3.8, 4) is 0 Å². The van der Waals surface area contributed by atoms with E-state index in [-0.39, 0.29) is 11.8 Å². The summed E-state index contributed by atoms with van der Waals surface area (Å²) < 4.78 is 5.46. The van der Waals surface area contributed by atoms with Crippen molar-refractivity contribution < 1.29 is 9.94 Å². The molecule has 1 aliphatic heterocycles. The molecule has 0 bridgehead atoms. The third-order valence-corrected chi connectivity index (χ3v) is 2.82. The third kappa shape index (κ3) is 4.05. The minimum absolute atomic E-state index is 0.0631. The molecule has 3 unspecified atom stereocenters. The molecule has 5 nitrogen and oxygen atoms in total. The lowest BCUT2D eigenvalue weighted by Gasteiger charge is -2.28. The standard InChI is InChI=1S/C10H21N3O2/c1-7(10(11)13-14)6-12-9-3-4-15-8(2)5-9/h7-9,12,14H,3-6H2,1-2H3,(H2,11,13). The number of nitrogens with one attached hydrogen (secondary N) is 1. The predicted molar refractivity (Wildman–Crippen MR) is 59.0 cm³/mol. The maximum absolute atomic E-state index is 8.50. The minimum atomic E-state index is 0.0631. The highest BCUT2D eigenvalue weighted by Gasteiger charge is 2.19. The molecule has 0 aromatic heterocycles. The number of hydrogen-bond acceptors (Lipinski definition) is 4. The van der Waals surface area contributed by atoms with Crippen molar-refractivity contribution in [3.05, 3.63) is 0 Å². The van der Waals surface area contributed by atoms with Crippen LogP contribution in [0, 0.1) is 5.92 Å². The zero-order valence-corrected chi connectivity index (χ0v) is 9.44.